The van der Waals surface area contributed by atoms with Crippen LogP contribution in [0.4, 0.5) is 0 Å². The lowest BCUT2D eigenvalue weighted by Crippen LogP contribution is -2.09. The Kier molecular flexibility index (Phi) is 9.11. The third-order valence-electron chi connectivity index (χ3n) is 1.65. The SMILES string of the molecule is C=C(C)C(=O)OCCCOCCCOC. The van der Waals surface area contributed by atoms with E-state index in [1.165, 1.54) is 0 Å². The van der Waals surface area contributed by atoms with Gasteiger partial charge < -0.3 is 14.2 Å². The highest BCUT2D eigenvalue weighted by molar-refractivity contribution is 5.86. The van der Waals surface area contributed by atoms with Gasteiger partial charge in [0.1, 0.15) is 0 Å². The van der Waals surface area contributed by atoms with Crippen LogP contribution in [0.5, 0.6) is 0 Å². The Balaban J connectivity index is 3.11. The summed E-state index contributed by atoms with van der Waals surface area (Å²) >= 11 is 0. The van der Waals surface area contributed by atoms with Gasteiger partial charge in [0.15, 0.2) is 0 Å². The van der Waals surface area contributed by atoms with Crippen molar-refractivity contribution in [1.29, 1.82) is 0 Å². The van der Waals surface area contributed by atoms with Gasteiger partial charge in [-0.25, -0.2) is 4.79 Å². The molecule has 0 heterocycles. The van der Waals surface area contributed by atoms with E-state index < -0.39 is 0 Å². The Morgan fingerprint density at radius 3 is 2.27 bits per heavy atom. The quantitative estimate of drug-likeness (QED) is 0.333. The van der Waals surface area contributed by atoms with Crippen molar-refractivity contribution >= 4 is 5.97 Å². The highest BCUT2D eigenvalue weighted by Gasteiger charge is 2.01. The van der Waals surface area contributed by atoms with Crippen LogP contribution in [0.2, 0.25) is 0 Å². The molecular weight excluding hydrogens is 196 g/mol. The number of hydrogen-bond acceptors (Lipinski definition) is 4. The molecule has 0 amide bonds. The molecule has 0 aromatic rings. The molecule has 0 saturated heterocycles. The zero-order valence-corrected chi connectivity index (χ0v) is 9.58. The molecule has 88 valence electrons. The number of carbonyl (C=O) groups excluding carboxylic acids is 1. The molecule has 0 aliphatic carbocycles. The molecule has 0 radical (unpaired) electrons. The largest absolute Gasteiger partial charge is 0.462 e. The molecule has 0 aromatic heterocycles. The lowest BCUT2D eigenvalue weighted by molar-refractivity contribution is -0.139. The molecule has 0 aliphatic rings. The first-order chi connectivity index (χ1) is 7.18. The molecule has 0 spiro atoms. The average molecular weight is 216 g/mol. The van der Waals surface area contributed by atoms with E-state index in [-0.39, 0.29) is 5.97 Å². The third kappa shape index (κ3) is 9.43. The third-order valence-corrected chi connectivity index (χ3v) is 1.65. The predicted octanol–water partition coefficient (Wildman–Crippen LogP) is 1.55. The van der Waals surface area contributed by atoms with Gasteiger partial charge in [-0.2, -0.15) is 0 Å². The average Bonchev–Trinajstić information content (AvgIpc) is 2.21. The minimum Gasteiger partial charge on any atom is -0.462 e. The highest BCUT2D eigenvalue weighted by Crippen LogP contribution is 1.94. The van der Waals surface area contributed by atoms with Crippen LogP contribution in [0, 0.1) is 0 Å². The normalized spacial score (nSPS) is 10.0. The summed E-state index contributed by atoms with van der Waals surface area (Å²) in [7, 11) is 1.66. The molecule has 0 aromatic carbocycles. The maximum atomic E-state index is 10.9. The zero-order valence-electron chi connectivity index (χ0n) is 9.58. The van der Waals surface area contributed by atoms with Crippen molar-refractivity contribution in [2.24, 2.45) is 0 Å². The van der Waals surface area contributed by atoms with Crippen LogP contribution < -0.4 is 0 Å². The predicted molar refractivity (Wildman–Crippen MR) is 57.7 cm³/mol. The topological polar surface area (TPSA) is 44.8 Å². The maximum Gasteiger partial charge on any atom is 0.333 e. The van der Waals surface area contributed by atoms with E-state index in [9.17, 15) is 4.79 Å². The molecule has 15 heavy (non-hydrogen) atoms. The molecule has 4 heteroatoms. The van der Waals surface area contributed by atoms with Gasteiger partial charge in [0.25, 0.3) is 0 Å². The summed E-state index contributed by atoms with van der Waals surface area (Å²) in [6, 6.07) is 0. The summed E-state index contributed by atoms with van der Waals surface area (Å²) in [6.45, 7) is 7.50. The number of carbonyl (C=O) groups is 1. The van der Waals surface area contributed by atoms with E-state index >= 15 is 0 Å². The molecule has 0 rings (SSSR count). The van der Waals surface area contributed by atoms with Gasteiger partial charge in [0.05, 0.1) is 6.61 Å². The van der Waals surface area contributed by atoms with E-state index in [1.54, 1.807) is 14.0 Å². The monoisotopic (exact) mass is 216 g/mol. The number of hydrogen-bond donors (Lipinski definition) is 0. The summed E-state index contributed by atoms with van der Waals surface area (Å²) < 4.78 is 15.0. The van der Waals surface area contributed by atoms with Crippen LogP contribution in [0.3, 0.4) is 0 Å². The highest BCUT2D eigenvalue weighted by atomic mass is 16.5. The first-order valence-corrected chi connectivity index (χ1v) is 5.07. The van der Waals surface area contributed by atoms with Crippen LogP contribution in [0.15, 0.2) is 12.2 Å². The van der Waals surface area contributed by atoms with Crippen molar-refractivity contribution < 1.29 is 19.0 Å². The lowest BCUT2D eigenvalue weighted by Gasteiger charge is -2.05. The van der Waals surface area contributed by atoms with Crippen molar-refractivity contribution in [3.63, 3.8) is 0 Å². The van der Waals surface area contributed by atoms with Gasteiger partial charge in [-0.3, -0.25) is 0 Å². The lowest BCUT2D eigenvalue weighted by atomic mass is 10.4. The molecule has 0 unspecified atom stereocenters. The van der Waals surface area contributed by atoms with E-state index in [2.05, 4.69) is 6.58 Å². The van der Waals surface area contributed by atoms with Crippen LogP contribution >= 0.6 is 0 Å². The van der Waals surface area contributed by atoms with Gasteiger partial charge in [-0.05, 0) is 13.3 Å². The van der Waals surface area contributed by atoms with E-state index in [0.29, 0.717) is 38.4 Å². The second kappa shape index (κ2) is 9.68. The summed E-state index contributed by atoms with van der Waals surface area (Å²) in [5, 5.41) is 0. The van der Waals surface area contributed by atoms with E-state index in [1.807, 2.05) is 0 Å². The van der Waals surface area contributed by atoms with Gasteiger partial charge in [-0.1, -0.05) is 6.58 Å². The fraction of sp³-hybridized carbons (Fsp3) is 0.727. The molecular formula is C11H20O4. The molecule has 4 nitrogen and oxygen atoms in total. The summed E-state index contributed by atoms with van der Waals surface area (Å²) in [5.74, 6) is -0.339. The fourth-order valence-electron chi connectivity index (χ4n) is 0.856. The fourth-order valence-corrected chi connectivity index (χ4v) is 0.856. The van der Waals surface area contributed by atoms with Crippen molar-refractivity contribution in [2.45, 2.75) is 19.8 Å². The maximum absolute atomic E-state index is 10.9. The number of ether oxygens (including phenoxy) is 3. The van der Waals surface area contributed by atoms with Crippen LogP contribution in [-0.4, -0.2) is 39.5 Å². The first-order valence-electron chi connectivity index (χ1n) is 5.07. The van der Waals surface area contributed by atoms with Crippen molar-refractivity contribution in [1.82, 2.24) is 0 Å². The minimum atomic E-state index is -0.339. The number of esters is 1. The van der Waals surface area contributed by atoms with Crippen LogP contribution in [0.25, 0.3) is 0 Å². The smallest absolute Gasteiger partial charge is 0.333 e. The van der Waals surface area contributed by atoms with Gasteiger partial charge >= 0.3 is 5.97 Å². The van der Waals surface area contributed by atoms with Gasteiger partial charge in [0.2, 0.25) is 0 Å². The summed E-state index contributed by atoms with van der Waals surface area (Å²) in [4.78, 5) is 10.9. The number of methoxy groups -OCH3 is 1. The van der Waals surface area contributed by atoms with Crippen molar-refractivity contribution in [2.75, 3.05) is 33.5 Å². The Hall–Kier alpha value is -0.870. The summed E-state index contributed by atoms with van der Waals surface area (Å²) in [6.07, 6.45) is 1.61. The van der Waals surface area contributed by atoms with E-state index in [0.717, 1.165) is 6.42 Å². The Morgan fingerprint density at radius 1 is 1.13 bits per heavy atom. The Labute approximate surface area is 91.2 Å². The standard InChI is InChI=1S/C11H20O4/c1-10(2)11(12)15-9-5-8-14-7-4-6-13-3/h1,4-9H2,2-3H3. The van der Waals surface area contributed by atoms with Crippen molar-refractivity contribution in [3.8, 4) is 0 Å². The summed E-state index contributed by atoms with van der Waals surface area (Å²) in [5.41, 5.74) is 0.427. The van der Waals surface area contributed by atoms with Crippen LogP contribution in [0.1, 0.15) is 19.8 Å². The molecule has 0 saturated carbocycles. The van der Waals surface area contributed by atoms with Gasteiger partial charge in [0, 0.05) is 38.9 Å². The minimum absolute atomic E-state index is 0.339. The molecule has 0 fully saturated rings. The Morgan fingerprint density at radius 2 is 1.73 bits per heavy atom. The number of rotatable bonds is 9. The first kappa shape index (κ1) is 14.1. The molecule has 0 bridgehead atoms. The zero-order chi connectivity index (χ0) is 11.5. The van der Waals surface area contributed by atoms with Gasteiger partial charge in [-0.15, -0.1) is 0 Å². The van der Waals surface area contributed by atoms with Crippen LogP contribution in [-0.2, 0) is 19.0 Å². The second-order valence-corrected chi connectivity index (χ2v) is 3.23. The second-order valence-electron chi connectivity index (χ2n) is 3.23. The van der Waals surface area contributed by atoms with Crippen molar-refractivity contribution in [3.05, 3.63) is 12.2 Å². The Bertz CT molecular complexity index is 189. The van der Waals surface area contributed by atoms with E-state index in [4.69, 9.17) is 14.2 Å². The molecule has 0 atom stereocenters. The molecule has 0 N–H and O–H groups in total. The molecule has 0 aliphatic heterocycles.